The Morgan fingerprint density at radius 1 is 1.53 bits per heavy atom. The van der Waals surface area contributed by atoms with E-state index < -0.39 is 16.3 Å². The highest BCUT2D eigenvalue weighted by atomic mass is 19.1. The van der Waals surface area contributed by atoms with Crippen molar-refractivity contribution in [3.8, 4) is 0 Å². The maximum Gasteiger partial charge on any atom is 0.295 e. The van der Waals surface area contributed by atoms with Crippen molar-refractivity contribution in [1.82, 2.24) is 0 Å². The molecule has 6 heteroatoms. The molecule has 0 aromatic heterocycles. The fraction of sp³-hybridized carbons (Fsp3) is 0.538. The molecule has 0 fully saturated rings. The first kappa shape index (κ1) is 15.4. The third-order valence-electron chi connectivity index (χ3n) is 2.90. The van der Waals surface area contributed by atoms with Crippen molar-refractivity contribution in [2.24, 2.45) is 11.7 Å². The van der Waals surface area contributed by atoms with Crippen molar-refractivity contribution in [2.75, 3.05) is 11.9 Å². The molecular weight excluding hydrogens is 249 g/mol. The van der Waals surface area contributed by atoms with Gasteiger partial charge in [0, 0.05) is 12.1 Å². The highest BCUT2D eigenvalue weighted by molar-refractivity contribution is 5.62. The van der Waals surface area contributed by atoms with Gasteiger partial charge in [0.25, 0.3) is 5.69 Å². The molecule has 106 valence electrons. The Kier molecular flexibility index (Phi) is 4.83. The molecule has 0 saturated carbocycles. The predicted octanol–water partition coefficient (Wildman–Crippen LogP) is 2.91. The molecule has 0 bridgehead atoms. The summed E-state index contributed by atoms with van der Waals surface area (Å²) < 4.78 is 13.1. The zero-order chi connectivity index (χ0) is 14.6. The van der Waals surface area contributed by atoms with Crippen LogP contribution in [0.15, 0.2) is 18.2 Å². The van der Waals surface area contributed by atoms with Gasteiger partial charge < -0.3 is 11.1 Å². The molecule has 1 aromatic rings. The van der Waals surface area contributed by atoms with Crippen molar-refractivity contribution in [3.63, 3.8) is 0 Å². The Balaban J connectivity index is 3.06. The lowest BCUT2D eigenvalue weighted by molar-refractivity contribution is -0.384. The van der Waals surface area contributed by atoms with Gasteiger partial charge in [-0.2, -0.15) is 0 Å². The minimum Gasteiger partial charge on any atom is -0.373 e. The van der Waals surface area contributed by atoms with Crippen molar-refractivity contribution in [1.29, 1.82) is 0 Å². The Labute approximate surface area is 112 Å². The van der Waals surface area contributed by atoms with Gasteiger partial charge in [-0.1, -0.05) is 13.8 Å². The fourth-order valence-electron chi connectivity index (χ4n) is 2.17. The number of anilines is 1. The van der Waals surface area contributed by atoms with Gasteiger partial charge in [-0.05, 0) is 31.4 Å². The average molecular weight is 269 g/mol. The molecule has 1 unspecified atom stereocenters. The summed E-state index contributed by atoms with van der Waals surface area (Å²) in [6, 6.07) is 3.48. The van der Waals surface area contributed by atoms with E-state index in [2.05, 4.69) is 19.2 Å². The van der Waals surface area contributed by atoms with Crippen LogP contribution in [-0.2, 0) is 0 Å². The lowest BCUT2D eigenvalue weighted by Crippen LogP contribution is -2.43. The highest BCUT2D eigenvalue weighted by Gasteiger charge is 2.27. The minimum absolute atomic E-state index is 0.275. The van der Waals surface area contributed by atoms with E-state index in [1.54, 1.807) is 0 Å². The highest BCUT2D eigenvalue weighted by Crippen LogP contribution is 2.29. The molecule has 0 radical (unpaired) electrons. The molecule has 5 nitrogen and oxygen atoms in total. The summed E-state index contributed by atoms with van der Waals surface area (Å²) in [5.41, 5.74) is 5.31. The van der Waals surface area contributed by atoms with E-state index in [1.165, 1.54) is 12.1 Å². The normalized spacial score (nSPS) is 14.2. The van der Waals surface area contributed by atoms with Gasteiger partial charge in [0.05, 0.1) is 11.0 Å². The van der Waals surface area contributed by atoms with E-state index in [0.717, 1.165) is 12.5 Å². The lowest BCUT2D eigenvalue weighted by atomic mass is 9.90. The van der Waals surface area contributed by atoms with Crippen molar-refractivity contribution >= 4 is 11.4 Å². The molecule has 0 aliphatic rings. The Hall–Kier alpha value is -1.69. The Morgan fingerprint density at radius 3 is 2.63 bits per heavy atom. The van der Waals surface area contributed by atoms with Crippen LogP contribution in [0.4, 0.5) is 15.8 Å². The predicted molar refractivity (Wildman–Crippen MR) is 73.6 cm³/mol. The summed E-state index contributed by atoms with van der Waals surface area (Å²) in [4.78, 5) is 10.3. The van der Waals surface area contributed by atoms with Gasteiger partial charge >= 0.3 is 0 Å². The molecule has 1 atom stereocenters. The topological polar surface area (TPSA) is 81.2 Å². The summed E-state index contributed by atoms with van der Waals surface area (Å²) in [7, 11) is 0. The number of rotatable bonds is 6. The van der Waals surface area contributed by atoms with Crippen LogP contribution in [0.5, 0.6) is 0 Å². The third kappa shape index (κ3) is 4.17. The second-order valence-electron chi connectivity index (χ2n) is 5.41. The molecule has 3 N–H and O–H groups in total. The van der Waals surface area contributed by atoms with Crippen molar-refractivity contribution in [3.05, 3.63) is 34.1 Å². The zero-order valence-electron chi connectivity index (χ0n) is 11.4. The van der Waals surface area contributed by atoms with Crippen LogP contribution in [-0.4, -0.2) is 17.0 Å². The van der Waals surface area contributed by atoms with Crippen LogP contribution in [0.3, 0.4) is 0 Å². The maximum atomic E-state index is 13.1. The smallest absolute Gasteiger partial charge is 0.295 e. The van der Waals surface area contributed by atoms with Crippen molar-refractivity contribution < 1.29 is 9.31 Å². The van der Waals surface area contributed by atoms with E-state index in [1.807, 2.05) is 6.92 Å². The Bertz CT molecular complexity index is 465. The molecule has 0 saturated heterocycles. The Morgan fingerprint density at radius 2 is 2.16 bits per heavy atom. The molecule has 1 aromatic carbocycles. The molecule has 19 heavy (non-hydrogen) atoms. The van der Waals surface area contributed by atoms with Gasteiger partial charge in [-0.25, -0.2) is 4.39 Å². The number of nitrogens with two attached hydrogens (primary N) is 1. The van der Waals surface area contributed by atoms with Crippen LogP contribution in [0, 0.1) is 21.8 Å². The quantitative estimate of drug-likeness (QED) is 0.614. The molecule has 0 heterocycles. The number of benzene rings is 1. The van der Waals surface area contributed by atoms with E-state index in [0.29, 0.717) is 18.2 Å². The maximum absolute atomic E-state index is 13.1. The lowest BCUT2D eigenvalue weighted by Gasteiger charge is -2.32. The second-order valence-corrected chi connectivity index (χ2v) is 5.41. The van der Waals surface area contributed by atoms with Crippen LogP contribution < -0.4 is 11.1 Å². The summed E-state index contributed by atoms with van der Waals surface area (Å²) in [5, 5.41) is 14.0. The van der Waals surface area contributed by atoms with E-state index in [-0.39, 0.29) is 5.69 Å². The molecule has 0 aliphatic heterocycles. The SMILES string of the molecule is CC(C)CC(C)(CN)Nc1ccc(F)cc1[N+](=O)[O-]. The monoisotopic (exact) mass is 269 g/mol. The summed E-state index contributed by atoms with van der Waals surface area (Å²) in [6.07, 6.45) is 0.762. The van der Waals surface area contributed by atoms with Crippen LogP contribution in [0.1, 0.15) is 27.2 Å². The number of hydrogen-bond donors (Lipinski definition) is 2. The van der Waals surface area contributed by atoms with Gasteiger partial charge in [0.15, 0.2) is 0 Å². The summed E-state index contributed by atoms with van der Waals surface area (Å²) in [5.74, 6) is -0.240. The van der Waals surface area contributed by atoms with Gasteiger partial charge in [-0.15, -0.1) is 0 Å². The number of nitro benzene ring substituents is 1. The van der Waals surface area contributed by atoms with E-state index in [4.69, 9.17) is 5.73 Å². The minimum atomic E-state index is -0.629. The van der Waals surface area contributed by atoms with Crippen molar-refractivity contribution in [2.45, 2.75) is 32.7 Å². The first-order valence-electron chi connectivity index (χ1n) is 6.19. The molecule has 0 spiro atoms. The fourth-order valence-corrected chi connectivity index (χ4v) is 2.17. The number of hydrogen-bond acceptors (Lipinski definition) is 4. The molecular formula is C13H20FN3O2. The van der Waals surface area contributed by atoms with Gasteiger partial charge in [0.2, 0.25) is 0 Å². The van der Waals surface area contributed by atoms with E-state index >= 15 is 0 Å². The third-order valence-corrected chi connectivity index (χ3v) is 2.90. The number of nitrogens with zero attached hydrogens (tertiary/aromatic N) is 1. The zero-order valence-corrected chi connectivity index (χ0v) is 11.4. The largest absolute Gasteiger partial charge is 0.373 e. The average Bonchev–Trinajstić information content (AvgIpc) is 2.30. The molecule has 1 rings (SSSR count). The van der Waals surface area contributed by atoms with Crippen LogP contribution in [0.25, 0.3) is 0 Å². The van der Waals surface area contributed by atoms with Gasteiger partial charge in [0.1, 0.15) is 11.5 Å². The standard InChI is InChI=1S/C13H20FN3O2/c1-9(2)7-13(3,8-15)16-11-5-4-10(14)6-12(11)17(18)19/h4-6,9,16H,7-8,15H2,1-3H3. The van der Waals surface area contributed by atoms with Crippen LogP contribution in [0.2, 0.25) is 0 Å². The molecule has 0 amide bonds. The second kappa shape index (κ2) is 5.97. The first-order chi connectivity index (χ1) is 8.77. The van der Waals surface area contributed by atoms with E-state index in [9.17, 15) is 14.5 Å². The molecule has 0 aliphatic carbocycles. The summed E-state index contributed by atoms with van der Waals surface area (Å²) >= 11 is 0. The van der Waals surface area contributed by atoms with Crippen LogP contribution >= 0.6 is 0 Å². The number of halogens is 1. The summed E-state index contributed by atoms with van der Waals surface area (Å²) in [6.45, 7) is 6.34. The number of nitrogens with one attached hydrogen (secondary N) is 1. The number of nitro groups is 1. The van der Waals surface area contributed by atoms with Gasteiger partial charge in [-0.3, -0.25) is 10.1 Å². The first-order valence-corrected chi connectivity index (χ1v) is 6.19.